The lowest BCUT2D eigenvalue weighted by Gasteiger charge is -2.16. The van der Waals surface area contributed by atoms with E-state index in [1.54, 1.807) is 6.92 Å². The average molecular weight is 208 g/mol. The minimum absolute atomic E-state index is 0.272. The zero-order valence-corrected chi connectivity index (χ0v) is 9.73. The van der Waals surface area contributed by atoms with Gasteiger partial charge in [-0.15, -0.1) is 0 Å². The van der Waals surface area contributed by atoms with Crippen LogP contribution in [-0.2, 0) is 0 Å². The summed E-state index contributed by atoms with van der Waals surface area (Å²) in [5.41, 5.74) is 0.901. The molecule has 0 aliphatic carbocycles. The van der Waals surface area contributed by atoms with Crippen LogP contribution in [-0.4, -0.2) is 11.2 Å². The molecule has 0 saturated carbocycles. The zero-order valence-electron chi connectivity index (χ0n) is 9.73. The van der Waals surface area contributed by atoms with Crippen molar-refractivity contribution in [2.24, 2.45) is 0 Å². The molecule has 0 bridgehead atoms. The molecule has 0 aromatic heterocycles. The van der Waals surface area contributed by atoms with E-state index < -0.39 is 6.10 Å². The minimum Gasteiger partial charge on any atom is -0.490 e. The molecule has 1 N–H and O–H groups in total. The fourth-order valence-corrected chi connectivity index (χ4v) is 1.50. The van der Waals surface area contributed by atoms with Gasteiger partial charge in [0.05, 0.1) is 12.2 Å². The van der Waals surface area contributed by atoms with Crippen LogP contribution < -0.4 is 4.74 Å². The molecule has 84 valence electrons. The average Bonchev–Trinajstić information content (AvgIpc) is 2.26. The lowest BCUT2D eigenvalue weighted by atomic mass is 10.1. The highest BCUT2D eigenvalue weighted by Crippen LogP contribution is 2.20. The van der Waals surface area contributed by atoms with Crippen LogP contribution >= 0.6 is 0 Å². The molecule has 0 amide bonds. The normalized spacial score (nSPS) is 12.9. The summed E-state index contributed by atoms with van der Waals surface area (Å²) < 4.78 is 5.79. The van der Waals surface area contributed by atoms with Gasteiger partial charge in [0.15, 0.2) is 0 Å². The van der Waals surface area contributed by atoms with E-state index in [4.69, 9.17) is 4.74 Å². The topological polar surface area (TPSA) is 29.5 Å². The summed E-state index contributed by atoms with van der Waals surface area (Å²) in [5, 5.41) is 9.44. The maximum absolute atomic E-state index is 9.44. The van der Waals surface area contributed by atoms with Gasteiger partial charge in [-0.05, 0) is 37.5 Å². The standard InChI is InChI=1S/C13H20O2/c1-4-12(5-2)15-13-8-6-7-11(9-13)10(3)14/h6-10,12,14H,4-5H2,1-3H3. The number of benzene rings is 1. The number of aliphatic hydroxyl groups excluding tert-OH is 1. The second-order valence-electron chi connectivity index (χ2n) is 3.80. The van der Waals surface area contributed by atoms with Gasteiger partial charge in [0.25, 0.3) is 0 Å². The highest BCUT2D eigenvalue weighted by molar-refractivity contribution is 5.29. The van der Waals surface area contributed by atoms with E-state index in [1.807, 2.05) is 24.3 Å². The van der Waals surface area contributed by atoms with E-state index in [2.05, 4.69) is 13.8 Å². The Morgan fingerprint density at radius 3 is 2.47 bits per heavy atom. The van der Waals surface area contributed by atoms with Crippen LogP contribution in [0, 0.1) is 0 Å². The molecular weight excluding hydrogens is 188 g/mol. The molecule has 0 aliphatic rings. The Bertz CT molecular complexity index is 290. The summed E-state index contributed by atoms with van der Waals surface area (Å²) in [6.07, 6.45) is 1.86. The van der Waals surface area contributed by atoms with Crippen molar-refractivity contribution in [2.75, 3.05) is 0 Å². The van der Waals surface area contributed by atoms with Gasteiger partial charge >= 0.3 is 0 Å². The van der Waals surface area contributed by atoms with Crippen LogP contribution in [0.2, 0.25) is 0 Å². The Labute approximate surface area is 91.9 Å². The number of aliphatic hydroxyl groups is 1. The highest BCUT2D eigenvalue weighted by Gasteiger charge is 2.06. The summed E-state index contributed by atoms with van der Waals surface area (Å²) >= 11 is 0. The number of hydrogen-bond donors (Lipinski definition) is 1. The lowest BCUT2D eigenvalue weighted by molar-refractivity contribution is 0.186. The molecule has 0 spiro atoms. The van der Waals surface area contributed by atoms with Crippen LogP contribution in [0.4, 0.5) is 0 Å². The van der Waals surface area contributed by atoms with Crippen molar-refractivity contribution in [3.63, 3.8) is 0 Å². The summed E-state index contributed by atoms with van der Waals surface area (Å²) in [6, 6.07) is 7.66. The third-order valence-corrected chi connectivity index (χ3v) is 2.55. The largest absolute Gasteiger partial charge is 0.490 e. The van der Waals surface area contributed by atoms with Crippen molar-refractivity contribution in [1.29, 1.82) is 0 Å². The number of ether oxygens (including phenoxy) is 1. The molecule has 1 aromatic carbocycles. The Morgan fingerprint density at radius 2 is 1.93 bits per heavy atom. The first kappa shape index (κ1) is 12.1. The van der Waals surface area contributed by atoms with Gasteiger partial charge in [0.1, 0.15) is 5.75 Å². The fraction of sp³-hybridized carbons (Fsp3) is 0.538. The maximum atomic E-state index is 9.44. The summed E-state index contributed by atoms with van der Waals surface area (Å²) in [4.78, 5) is 0. The molecule has 2 nitrogen and oxygen atoms in total. The summed E-state index contributed by atoms with van der Waals surface area (Å²) in [7, 11) is 0. The Kier molecular flexibility index (Phi) is 4.63. The van der Waals surface area contributed by atoms with Crippen molar-refractivity contribution in [3.05, 3.63) is 29.8 Å². The smallest absolute Gasteiger partial charge is 0.120 e. The monoisotopic (exact) mass is 208 g/mol. The molecule has 15 heavy (non-hydrogen) atoms. The van der Waals surface area contributed by atoms with Gasteiger partial charge in [-0.3, -0.25) is 0 Å². The van der Waals surface area contributed by atoms with Gasteiger partial charge in [-0.25, -0.2) is 0 Å². The van der Waals surface area contributed by atoms with E-state index in [0.29, 0.717) is 0 Å². The van der Waals surface area contributed by atoms with Gasteiger partial charge in [-0.2, -0.15) is 0 Å². The van der Waals surface area contributed by atoms with Crippen molar-refractivity contribution in [1.82, 2.24) is 0 Å². The Balaban J connectivity index is 2.72. The molecule has 1 aromatic rings. The van der Waals surface area contributed by atoms with Gasteiger partial charge in [0.2, 0.25) is 0 Å². The van der Waals surface area contributed by atoms with E-state index in [0.717, 1.165) is 24.2 Å². The predicted molar refractivity (Wildman–Crippen MR) is 62.1 cm³/mol. The highest BCUT2D eigenvalue weighted by atomic mass is 16.5. The van der Waals surface area contributed by atoms with E-state index >= 15 is 0 Å². The molecule has 0 heterocycles. The molecule has 0 aliphatic heterocycles. The number of hydrogen-bond acceptors (Lipinski definition) is 2. The van der Waals surface area contributed by atoms with Crippen LogP contribution in [0.3, 0.4) is 0 Å². The van der Waals surface area contributed by atoms with E-state index in [-0.39, 0.29) is 6.10 Å². The molecular formula is C13H20O2. The van der Waals surface area contributed by atoms with Crippen LogP contribution in [0.5, 0.6) is 5.75 Å². The third-order valence-electron chi connectivity index (χ3n) is 2.55. The second-order valence-corrected chi connectivity index (χ2v) is 3.80. The first-order chi connectivity index (χ1) is 7.17. The molecule has 1 unspecified atom stereocenters. The Hall–Kier alpha value is -1.02. The van der Waals surface area contributed by atoms with Gasteiger partial charge in [0, 0.05) is 0 Å². The summed E-state index contributed by atoms with van der Waals surface area (Å²) in [6.45, 7) is 6.00. The molecule has 0 radical (unpaired) electrons. The van der Waals surface area contributed by atoms with E-state index in [9.17, 15) is 5.11 Å². The molecule has 1 atom stereocenters. The van der Waals surface area contributed by atoms with Crippen molar-refractivity contribution >= 4 is 0 Å². The SMILES string of the molecule is CCC(CC)Oc1cccc(C(C)O)c1. The maximum Gasteiger partial charge on any atom is 0.120 e. The first-order valence-electron chi connectivity index (χ1n) is 5.62. The predicted octanol–water partition coefficient (Wildman–Crippen LogP) is 3.31. The van der Waals surface area contributed by atoms with Gasteiger partial charge in [-0.1, -0.05) is 26.0 Å². The van der Waals surface area contributed by atoms with Crippen molar-refractivity contribution in [3.8, 4) is 5.75 Å². The van der Waals surface area contributed by atoms with Crippen molar-refractivity contribution in [2.45, 2.75) is 45.8 Å². The lowest BCUT2D eigenvalue weighted by Crippen LogP contribution is -2.13. The zero-order chi connectivity index (χ0) is 11.3. The summed E-state index contributed by atoms with van der Waals surface area (Å²) in [5.74, 6) is 0.849. The second kappa shape index (κ2) is 5.76. The molecule has 1 rings (SSSR count). The third kappa shape index (κ3) is 3.56. The van der Waals surface area contributed by atoms with Crippen LogP contribution in [0.1, 0.15) is 45.3 Å². The van der Waals surface area contributed by atoms with Gasteiger partial charge < -0.3 is 9.84 Å². The quantitative estimate of drug-likeness (QED) is 0.804. The molecule has 0 fully saturated rings. The molecule has 2 heteroatoms. The van der Waals surface area contributed by atoms with Crippen LogP contribution in [0.25, 0.3) is 0 Å². The minimum atomic E-state index is -0.435. The Morgan fingerprint density at radius 1 is 1.27 bits per heavy atom. The van der Waals surface area contributed by atoms with Crippen LogP contribution in [0.15, 0.2) is 24.3 Å². The fourth-order valence-electron chi connectivity index (χ4n) is 1.50. The first-order valence-corrected chi connectivity index (χ1v) is 5.62. The van der Waals surface area contributed by atoms with E-state index in [1.165, 1.54) is 0 Å². The number of rotatable bonds is 5. The molecule has 0 saturated heterocycles. The van der Waals surface area contributed by atoms with Crippen molar-refractivity contribution < 1.29 is 9.84 Å².